The zero-order chi connectivity index (χ0) is 23.5. The van der Waals surface area contributed by atoms with E-state index < -0.39 is 11.1 Å². The second kappa shape index (κ2) is 10.4. The standard InChI is InChI=1S/C24H22Br2N2O4S/c1-15-5-4-6-16(9-15)14-32-22-18(25)10-17(11-19(22)26)12-20-23(30)28(24(31)33-20)13-21(29)27-7-2-3-8-27/h4-6,9-12H,2-3,7-8,13-14H2,1H3/b20-12+. The largest absolute Gasteiger partial charge is 0.487 e. The second-order valence-electron chi connectivity index (χ2n) is 7.95. The maximum atomic E-state index is 12.8. The van der Waals surface area contributed by atoms with Gasteiger partial charge in [0.1, 0.15) is 18.9 Å². The summed E-state index contributed by atoms with van der Waals surface area (Å²) >= 11 is 7.93. The molecule has 2 heterocycles. The van der Waals surface area contributed by atoms with Gasteiger partial charge in [0.15, 0.2) is 0 Å². The number of amides is 3. The van der Waals surface area contributed by atoms with Crippen molar-refractivity contribution < 1.29 is 19.1 Å². The summed E-state index contributed by atoms with van der Waals surface area (Å²) in [6.45, 7) is 3.62. The number of nitrogens with zero attached hydrogens (tertiary/aromatic N) is 2. The fourth-order valence-corrected chi connectivity index (χ4v) is 6.04. The van der Waals surface area contributed by atoms with Gasteiger partial charge < -0.3 is 9.64 Å². The molecule has 0 bridgehead atoms. The van der Waals surface area contributed by atoms with Gasteiger partial charge in [0.25, 0.3) is 11.1 Å². The molecule has 3 amide bonds. The smallest absolute Gasteiger partial charge is 0.294 e. The van der Waals surface area contributed by atoms with Crippen LogP contribution in [0, 0.1) is 6.92 Å². The van der Waals surface area contributed by atoms with E-state index in [1.165, 1.54) is 5.56 Å². The van der Waals surface area contributed by atoms with Crippen LogP contribution in [0.25, 0.3) is 6.08 Å². The number of hydrogen-bond acceptors (Lipinski definition) is 5. The van der Waals surface area contributed by atoms with Crippen molar-refractivity contribution in [2.45, 2.75) is 26.4 Å². The number of imide groups is 1. The first-order chi connectivity index (χ1) is 15.8. The SMILES string of the molecule is Cc1cccc(COc2c(Br)cc(/C=C3/SC(=O)N(CC(=O)N4CCCC4)C3=O)cc2Br)c1. The number of carbonyl (C=O) groups is 3. The van der Waals surface area contributed by atoms with Crippen molar-refractivity contribution in [2.24, 2.45) is 0 Å². The van der Waals surface area contributed by atoms with Crippen LogP contribution in [-0.4, -0.2) is 46.5 Å². The molecule has 0 atom stereocenters. The molecule has 6 nitrogen and oxygen atoms in total. The van der Waals surface area contributed by atoms with Crippen molar-refractivity contribution in [1.29, 1.82) is 0 Å². The molecule has 0 N–H and O–H groups in total. The Bertz CT molecular complexity index is 1120. The quantitative estimate of drug-likeness (QED) is 0.399. The summed E-state index contributed by atoms with van der Waals surface area (Å²) in [6, 6.07) is 11.8. The van der Waals surface area contributed by atoms with Gasteiger partial charge in [-0.15, -0.1) is 0 Å². The molecule has 0 radical (unpaired) electrons. The van der Waals surface area contributed by atoms with Crippen molar-refractivity contribution in [3.05, 3.63) is 66.9 Å². The monoisotopic (exact) mass is 592 g/mol. The zero-order valence-electron chi connectivity index (χ0n) is 18.0. The number of ether oxygens (including phenoxy) is 1. The summed E-state index contributed by atoms with van der Waals surface area (Å²) in [7, 11) is 0. The first-order valence-corrected chi connectivity index (χ1v) is 12.9. The van der Waals surface area contributed by atoms with Crippen LogP contribution in [0.2, 0.25) is 0 Å². The van der Waals surface area contributed by atoms with E-state index in [4.69, 9.17) is 4.74 Å². The van der Waals surface area contributed by atoms with Crippen LogP contribution in [-0.2, 0) is 16.2 Å². The van der Waals surface area contributed by atoms with E-state index in [0.717, 1.165) is 49.6 Å². The Kier molecular flexibility index (Phi) is 7.61. The highest BCUT2D eigenvalue weighted by Crippen LogP contribution is 2.38. The molecule has 172 valence electrons. The van der Waals surface area contributed by atoms with Gasteiger partial charge in [-0.1, -0.05) is 29.8 Å². The molecule has 0 saturated carbocycles. The molecule has 0 aromatic heterocycles. The van der Waals surface area contributed by atoms with Crippen molar-refractivity contribution in [3.8, 4) is 5.75 Å². The Balaban J connectivity index is 1.46. The lowest BCUT2D eigenvalue weighted by Gasteiger charge is -2.18. The van der Waals surface area contributed by atoms with Gasteiger partial charge in [-0.2, -0.15) is 0 Å². The fraction of sp³-hybridized carbons (Fsp3) is 0.292. The molecule has 2 aliphatic heterocycles. The Labute approximate surface area is 213 Å². The van der Waals surface area contributed by atoms with Crippen molar-refractivity contribution >= 4 is 66.8 Å². The molecule has 2 aliphatic rings. The molecule has 2 aromatic carbocycles. The average molecular weight is 594 g/mol. The van der Waals surface area contributed by atoms with Crippen LogP contribution in [0.15, 0.2) is 50.2 Å². The van der Waals surface area contributed by atoms with Gasteiger partial charge in [0, 0.05) is 13.1 Å². The molecule has 0 spiro atoms. The van der Waals surface area contributed by atoms with Gasteiger partial charge in [0.2, 0.25) is 5.91 Å². The lowest BCUT2D eigenvalue weighted by atomic mass is 10.1. The third-order valence-corrected chi connectivity index (χ3v) is 7.50. The van der Waals surface area contributed by atoms with E-state index in [9.17, 15) is 14.4 Å². The van der Waals surface area contributed by atoms with Crippen molar-refractivity contribution in [2.75, 3.05) is 19.6 Å². The maximum absolute atomic E-state index is 12.8. The van der Waals surface area contributed by atoms with Gasteiger partial charge in [-0.05, 0) is 92.7 Å². The number of rotatable bonds is 6. The number of carbonyl (C=O) groups excluding carboxylic acids is 3. The number of halogens is 2. The first-order valence-electron chi connectivity index (χ1n) is 10.5. The predicted molar refractivity (Wildman–Crippen MR) is 136 cm³/mol. The summed E-state index contributed by atoms with van der Waals surface area (Å²) in [6.07, 6.45) is 3.58. The van der Waals surface area contributed by atoms with E-state index in [1.54, 1.807) is 11.0 Å². The molecule has 33 heavy (non-hydrogen) atoms. The molecule has 0 unspecified atom stereocenters. The van der Waals surface area contributed by atoms with Crippen LogP contribution in [0.5, 0.6) is 5.75 Å². The summed E-state index contributed by atoms with van der Waals surface area (Å²) in [4.78, 5) is 40.6. The highest BCUT2D eigenvalue weighted by atomic mass is 79.9. The van der Waals surface area contributed by atoms with Crippen molar-refractivity contribution in [1.82, 2.24) is 9.80 Å². The second-order valence-corrected chi connectivity index (χ2v) is 10.6. The number of thioether (sulfide) groups is 1. The summed E-state index contributed by atoms with van der Waals surface area (Å²) in [5.41, 5.74) is 2.96. The Morgan fingerprint density at radius 2 is 1.82 bits per heavy atom. The fourth-order valence-electron chi connectivity index (χ4n) is 3.75. The number of likely N-dealkylation sites (tertiary alicyclic amines) is 1. The average Bonchev–Trinajstić information content (AvgIpc) is 3.38. The van der Waals surface area contributed by atoms with Gasteiger partial charge in [0.05, 0.1) is 13.9 Å². The minimum absolute atomic E-state index is 0.184. The normalized spacial score (nSPS) is 17.4. The molecular formula is C24H22Br2N2O4S. The predicted octanol–water partition coefficient (Wildman–Crippen LogP) is 5.76. The number of aryl methyl sites for hydroxylation is 1. The molecular weight excluding hydrogens is 572 g/mol. The Morgan fingerprint density at radius 1 is 1.12 bits per heavy atom. The van der Waals surface area contributed by atoms with E-state index in [0.29, 0.717) is 30.4 Å². The maximum Gasteiger partial charge on any atom is 0.294 e. The van der Waals surface area contributed by atoms with E-state index >= 15 is 0 Å². The summed E-state index contributed by atoms with van der Waals surface area (Å²) in [5.74, 6) is 0.0270. The highest BCUT2D eigenvalue weighted by Gasteiger charge is 2.37. The molecule has 0 aliphatic carbocycles. The summed E-state index contributed by atoms with van der Waals surface area (Å²) < 4.78 is 7.43. The molecule has 2 saturated heterocycles. The number of benzene rings is 2. The van der Waals surface area contributed by atoms with Gasteiger partial charge in [-0.3, -0.25) is 19.3 Å². The first kappa shape index (κ1) is 24.0. The Hall–Kier alpha value is -2.10. The van der Waals surface area contributed by atoms with E-state index in [2.05, 4.69) is 37.9 Å². The van der Waals surface area contributed by atoms with Crippen LogP contribution in [0.3, 0.4) is 0 Å². The molecule has 4 rings (SSSR count). The third-order valence-electron chi connectivity index (χ3n) is 5.41. The van der Waals surface area contributed by atoms with E-state index in [1.807, 2.05) is 37.3 Å². The van der Waals surface area contributed by atoms with Gasteiger partial charge in [-0.25, -0.2) is 0 Å². The van der Waals surface area contributed by atoms with E-state index in [-0.39, 0.29) is 12.5 Å². The van der Waals surface area contributed by atoms with Crippen molar-refractivity contribution in [3.63, 3.8) is 0 Å². The molecule has 9 heteroatoms. The lowest BCUT2D eigenvalue weighted by molar-refractivity contribution is -0.135. The minimum Gasteiger partial charge on any atom is -0.487 e. The third kappa shape index (κ3) is 5.70. The zero-order valence-corrected chi connectivity index (χ0v) is 22.0. The summed E-state index contributed by atoms with van der Waals surface area (Å²) in [5, 5.41) is -0.421. The van der Waals surface area contributed by atoms with Gasteiger partial charge >= 0.3 is 0 Å². The van der Waals surface area contributed by atoms with Crippen LogP contribution < -0.4 is 4.74 Å². The minimum atomic E-state index is -0.440. The lowest BCUT2D eigenvalue weighted by Crippen LogP contribution is -2.40. The number of hydrogen-bond donors (Lipinski definition) is 0. The van der Waals surface area contributed by atoms with Crippen LogP contribution in [0.4, 0.5) is 4.79 Å². The van der Waals surface area contributed by atoms with Crippen LogP contribution >= 0.6 is 43.6 Å². The molecule has 2 aromatic rings. The van der Waals surface area contributed by atoms with Crippen LogP contribution in [0.1, 0.15) is 29.5 Å². The highest BCUT2D eigenvalue weighted by molar-refractivity contribution is 9.11. The Morgan fingerprint density at radius 3 is 2.48 bits per heavy atom. The molecule has 2 fully saturated rings. The topological polar surface area (TPSA) is 66.9 Å².